The number of benzene rings is 7. The van der Waals surface area contributed by atoms with Crippen LogP contribution in [0.2, 0.25) is 0 Å². The van der Waals surface area contributed by atoms with Gasteiger partial charge in [-0.1, -0.05) is 109 Å². The molecular weight excluding hydrogens is 563 g/mol. The maximum Gasteiger partial charge on any atom is 0.174 e. The van der Waals surface area contributed by atoms with Crippen LogP contribution in [-0.2, 0) is 0 Å². The predicted octanol–water partition coefficient (Wildman–Crippen LogP) is 11.3. The molecule has 0 radical (unpaired) electrons. The highest BCUT2D eigenvalue weighted by atomic mass is 32.2. The zero-order valence-electron chi connectivity index (χ0n) is 22.9. The van der Waals surface area contributed by atoms with E-state index in [0.717, 1.165) is 27.6 Å². The summed E-state index contributed by atoms with van der Waals surface area (Å²) < 4.78 is 4.92. The second-order valence-electron chi connectivity index (χ2n) is 10.7. The third kappa shape index (κ3) is 3.89. The number of para-hydroxylation sites is 2. The lowest BCUT2D eigenvalue weighted by atomic mass is 9.91. The van der Waals surface area contributed by atoms with Gasteiger partial charge < -0.3 is 4.90 Å². The molecule has 3 nitrogen and oxygen atoms in total. The molecule has 0 amide bonds. The van der Waals surface area contributed by atoms with Crippen LogP contribution in [0.1, 0.15) is 0 Å². The highest BCUT2D eigenvalue weighted by molar-refractivity contribution is 7.99. The first kappa shape index (κ1) is 24.6. The Morgan fingerprint density at radius 1 is 0.512 bits per heavy atom. The first-order valence-electron chi connectivity index (χ1n) is 14.3. The van der Waals surface area contributed by atoms with E-state index in [1.54, 1.807) is 0 Å². The molecule has 0 fully saturated rings. The van der Waals surface area contributed by atoms with E-state index in [9.17, 15) is 0 Å². The molecule has 0 saturated carbocycles. The van der Waals surface area contributed by atoms with Crippen molar-refractivity contribution in [3.05, 3.63) is 140 Å². The Morgan fingerprint density at radius 2 is 1.14 bits per heavy atom. The van der Waals surface area contributed by atoms with Gasteiger partial charge in [0.15, 0.2) is 5.82 Å². The normalized spacial score (nSPS) is 12.5. The summed E-state index contributed by atoms with van der Waals surface area (Å²) in [5, 5.41) is 8.36. The van der Waals surface area contributed by atoms with Crippen molar-refractivity contribution in [3.8, 4) is 22.0 Å². The average Bonchev–Trinajstić information content (AvgIpc) is 3.57. The zero-order valence-corrected chi connectivity index (χ0v) is 24.6. The SMILES string of the molecule is c1ccc(N2c3ccccc3Sc3cc(-c4nc(-c5cccc6c7ccccc7c7ccccc7c56)ns4)ccc32)cc1. The zero-order chi connectivity index (χ0) is 28.3. The Kier molecular flexibility index (Phi) is 5.61. The van der Waals surface area contributed by atoms with Crippen molar-refractivity contribution in [2.75, 3.05) is 4.90 Å². The Balaban J connectivity index is 1.18. The average molecular weight is 586 g/mol. The number of fused-ring (bicyclic) bond motifs is 8. The highest BCUT2D eigenvalue weighted by Crippen LogP contribution is 2.52. The molecule has 0 spiro atoms. The Bertz CT molecular complexity index is 2300. The van der Waals surface area contributed by atoms with Crippen molar-refractivity contribution in [1.82, 2.24) is 9.36 Å². The Morgan fingerprint density at radius 3 is 1.93 bits per heavy atom. The largest absolute Gasteiger partial charge is 0.308 e. The number of rotatable bonds is 3. The molecule has 8 aromatic rings. The van der Waals surface area contributed by atoms with Crippen LogP contribution in [0.25, 0.3) is 54.3 Å². The minimum Gasteiger partial charge on any atom is -0.308 e. The number of hydrogen-bond acceptors (Lipinski definition) is 5. The Labute approximate surface area is 257 Å². The van der Waals surface area contributed by atoms with Gasteiger partial charge in [-0.2, -0.15) is 4.37 Å². The third-order valence-electron chi connectivity index (χ3n) is 8.22. The van der Waals surface area contributed by atoms with Gasteiger partial charge in [-0.15, -0.1) is 0 Å². The van der Waals surface area contributed by atoms with Gasteiger partial charge in [0.2, 0.25) is 0 Å². The van der Waals surface area contributed by atoms with E-state index in [2.05, 4.69) is 144 Å². The summed E-state index contributed by atoms with van der Waals surface area (Å²) in [6.45, 7) is 0. The summed E-state index contributed by atoms with van der Waals surface area (Å²) >= 11 is 3.28. The molecule has 43 heavy (non-hydrogen) atoms. The van der Waals surface area contributed by atoms with Crippen LogP contribution < -0.4 is 4.90 Å². The topological polar surface area (TPSA) is 29.0 Å². The standard InChI is InChI=1S/C38H23N3S2/c1-2-11-25(12-3-1)41-32-19-8-9-20-34(32)42-35-23-24(21-22-33(35)41)38-39-37(40-43-38)31-18-10-17-30-28-14-5-4-13-26(28)27-15-6-7-16-29(27)36(30)31/h1-23H. The fourth-order valence-electron chi connectivity index (χ4n) is 6.34. The molecular formula is C38H23N3S2. The predicted molar refractivity (Wildman–Crippen MR) is 182 cm³/mol. The highest BCUT2D eigenvalue weighted by Gasteiger charge is 2.25. The van der Waals surface area contributed by atoms with Crippen LogP contribution in [0.5, 0.6) is 0 Å². The lowest BCUT2D eigenvalue weighted by Gasteiger charge is -2.33. The second kappa shape index (κ2) is 9.80. The van der Waals surface area contributed by atoms with Crippen LogP contribution in [0.3, 0.4) is 0 Å². The molecule has 0 aliphatic carbocycles. The van der Waals surface area contributed by atoms with E-state index in [4.69, 9.17) is 9.36 Å². The molecule has 5 heteroatoms. The summed E-state index contributed by atoms with van der Waals surface area (Å²) in [7, 11) is 0. The second-order valence-corrected chi connectivity index (χ2v) is 12.5. The van der Waals surface area contributed by atoms with Gasteiger partial charge in [-0.3, -0.25) is 0 Å². The molecule has 1 aliphatic heterocycles. The van der Waals surface area contributed by atoms with Crippen LogP contribution >= 0.6 is 23.3 Å². The molecule has 9 rings (SSSR count). The molecule has 1 aliphatic rings. The van der Waals surface area contributed by atoms with E-state index in [-0.39, 0.29) is 0 Å². The van der Waals surface area contributed by atoms with E-state index in [1.165, 1.54) is 65.0 Å². The molecule has 1 aromatic heterocycles. The van der Waals surface area contributed by atoms with Crippen molar-refractivity contribution < 1.29 is 0 Å². The summed E-state index contributed by atoms with van der Waals surface area (Å²) in [6.07, 6.45) is 0. The minimum absolute atomic E-state index is 0.771. The van der Waals surface area contributed by atoms with Crippen molar-refractivity contribution in [1.29, 1.82) is 0 Å². The van der Waals surface area contributed by atoms with Gasteiger partial charge in [0.1, 0.15) is 5.01 Å². The number of anilines is 3. The van der Waals surface area contributed by atoms with Gasteiger partial charge >= 0.3 is 0 Å². The molecule has 0 atom stereocenters. The number of hydrogen-bond donors (Lipinski definition) is 0. The lowest BCUT2D eigenvalue weighted by Crippen LogP contribution is -2.14. The maximum atomic E-state index is 5.14. The van der Waals surface area contributed by atoms with Crippen LogP contribution in [0.15, 0.2) is 149 Å². The fourth-order valence-corrected chi connectivity index (χ4v) is 8.11. The summed E-state index contributed by atoms with van der Waals surface area (Å²) in [6, 6.07) is 49.7. The molecule has 0 bridgehead atoms. The summed E-state index contributed by atoms with van der Waals surface area (Å²) in [5.74, 6) is 0.771. The smallest absolute Gasteiger partial charge is 0.174 e. The minimum atomic E-state index is 0.771. The van der Waals surface area contributed by atoms with Crippen molar-refractivity contribution in [2.45, 2.75) is 9.79 Å². The molecule has 0 N–H and O–H groups in total. The van der Waals surface area contributed by atoms with Gasteiger partial charge in [0.05, 0.1) is 11.4 Å². The lowest BCUT2D eigenvalue weighted by molar-refractivity contribution is 1.17. The third-order valence-corrected chi connectivity index (χ3v) is 10.1. The van der Waals surface area contributed by atoms with Crippen LogP contribution in [0.4, 0.5) is 17.1 Å². The van der Waals surface area contributed by atoms with E-state index < -0.39 is 0 Å². The van der Waals surface area contributed by atoms with Crippen molar-refractivity contribution in [3.63, 3.8) is 0 Å². The quantitative estimate of drug-likeness (QED) is 0.193. The van der Waals surface area contributed by atoms with Gasteiger partial charge in [-0.25, -0.2) is 4.98 Å². The molecule has 0 unspecified atom stereocenters. The van der Waals surface area contributed by atoms with Crippen LogP contribution in [-0.4, -0.2) is 9.36 Å². The summed E-state index contributed by atoms with van der Waals surface area (Å²) in [5.41, 5.74) is 5.68. The summed E-state index contributed by atoms with van der Waals surface area (Å²) in [4.78, 5) is 9.94. The molecule has 7 aromatic carbocycles. The van der Waals surface area contributed by atoms with E-state index >= 15 is 0 Å². The maximum absolute atomic E-state index is 5.14. The number of nitrogens with zero attached hydrogens (tertiary/aromatic N) is 3. The van der Waals surface area contributed by atoms with E-state index in [0.29, 0.717) is 0 Å². The molecule has 2 heterocycles. The Hall–Kier alpha value is -4.97. The monoisotopic (exact) mass is 585 g/mol. The van der Waals surface area contributed by atoms with Crippen molar-refractivity contribution in [2.24, 2.45) is 0 Å². The first-order valence-corrected chi connectivity index (χ1v) is 15.9. The van der Waals surface area contributed by atoms with Gasteiger partial charge in [0, 0.05) is 32.0 Å². The van der Waals surface area contributed by atoms with Crippen LogP contribution in [0, 0.1) is 0 Å². The fraction of sp³-hybridized carbons (Fsp3) is 0. The number of aromatic nitrogens is 2. The van der Waals surface area contributed by atoms with Gasteiger partial charge in [-0.05, 0) is 80.9 Å². The first-order chi connectivity index (χ1) is 21.3. The van der Waals surface area contributed by atoms with E-state index in [1.807, 2.05) is 11.8 Å². The molecule has 0 saturated heterocycles. The van der Waals surface area contributed by atoms with Crippen molar-refractivity contribution >= 4 is 72.7 Å². The van der Waals surface area contributed by atoms with Gasteiger partial charge in [0.25, 0.3) is 0 Å². The molecule has 202 valence electrons.